The van der Waals surface area contributed by atoms with Gasteiger partial charge in [-0.1, -0.05) is 13.8 Å². The Morgan fingerprint density at radius 3 is 2.60 bits per heavy atom. The van der Waals surface area contributed by atoms with Gasteiger partial charge in [-0.05, 0) is 44.7 Å². The number of hydrogen-bond acceptors (Lipinski definition) is 2. The van der Waals surface area contributed by atoms with Crippen molar-refractivity contribution in [2.75, 3.05) is 0 Å². The zero-order chi connectivity index (χ0) is 11.5. The van der Waals surface area contributed by atoms with E-state index >= 15 is 0 Å². The minimum absolute atomic E-state index is 0.0418. The molecule has 0 aromatic carbocycles. The number of hydrogen-bond donors (Lipinski definition) is 0. The molecule has 1 saturated carbocycles. The molecule has 0 spiro atoms. The minimum Gasteiger partial charge on any atom is -0.415 e. The summed E-state index contributed by atoms with van der Waals surface area (Å²) in [6.07, 6.45) is 5.30. The van der Waals surface area contributed by atoms with E-state index in [1.807, 2.05) is 0 Å². The van der Waals surface area contributed by atoms with Gasteiger partial charge in [-0.2, -0.15) is 0 Å². The first-order valence-electron chi connectivity index (χ1n) is 6.10. The molecular weight excluding hydrogens is 204 g/mol. The van der Waals surface area contributed by atoms with Crippen LogP contribution in [-0.2, 0) is 9.22 Å². The van der Waals surface area contributed by atoms with E-state index in [9.17, 15) is 4.79 Å². The van der Waals surface area contributed by atoms with E-state index < -0.39 is 9.04 Å². The second-order valence-electron chi connectivity index (χ2n) is 5.59. The van der Waals surface area contributed by atoms with Crippen molar-refractivity contribution >= 4 is 15.3 Å². The Balaban J connectivity index is 2.65. The van der Waals surface area contributed by atoms with Crippen molar-refractivity contribution in [2.24, 2.45) is 11.8 Å². The minimum atomic E-state index is -1.00. The summed E-state index contributed by atoms with van der Waals surface area (Å²) < 4.78 is 6.22. The second-order valence-corrected chi connectivity index (χ2v) is 7.92. The highest BCUT2D eigenvalue weighted by atomic mass is 28.3. The summed E-state index contributed by atoms with van der Waals surface area (Å²) in [6.45, 7) is 8.91. The van der Waals surface area contributed by atoms with Crippen LogP contribution in [0.2, 0.25) is 13.1 Å². The Hall–Kier alpha value is -0.153. The third-order valence-electron chi connectivity index (χ3n) is 3.06. The normalized spacial score (nSPS) is 31.5. The smallest absolute Gasteiger partial charge is 0.171 e. The Kier molecular flexibility index (Phi) is 4.53. The first kappa shape index (κ1) is 12.9. The molecule has 0 heterocycles. The molecule has 1 aliphatic rings. The monoisotopic (exact) mass is 228 g/mol. The molecule has 0 aromatic rings. The van der Waals surface area contributed by atoms with Gasteiger partial charge >= 0.3 is 0 Å². The van der Waals surface area contributed by atoms with E-state index in [0.29, 0.717) is 5.92 Å². The van der Waals surface area contributed by atoms with Crippen LogP contribution in [0.3, 0.4) is 0 Å². The molecule has 0 aromatic heterocycles. The van der Waals surface area contributed by atoms with E-state index in [1.54, 1.807) is 0 Å². The van der Waals surface area contributed by atoms with Crippen LogP contribution in [-0.4, -0.2) is 20.9 Å². The largest absolute Gasteiger partial charge is 0.415 e. The average Bonchev–Trinajstić information content (AvgIpc) is 2.45. The van der Waals surface area contributed by atoms with Crippen molar-refractivity contribution < 1.29 is 9.22 Å². The molecule has 0 amide bonds. The number of carbonyl (C=O) groups is 1. The predicted octanol–water partition coefficient (Wildman–Crippen LogP) is 2.77. The molecule has 2 atom stereocenters. The lowest BCUT2D eigenvalue weighted by molar-refractivity contribution is -0.111. The van der Waals surface area contributed by atoms with Crippen molar-refractivity contribution in [3.8, 4) is 0 Å². The van der Waals surface area contributed by atoms with Gasteiger partial charge in [0.2, 0.25) is 0 Å². The van der Waals surface area contributed by atoms with E-state index in [-0.39, 0.29) is 11.5 Å². The molecule has 88 valence electrons. The van der Waals surface area contributed by atoms with Crippen LogP contribution in [0, 0.1) is 11.8 Å². The molecule has 0 aliphatic heterocycles. The highest BCUT2D eigenvalue weighted by Gasteiger charge is 2.40. The Bertz CT molecular complexity index is 204. The fourth-order valence-electron chi connectivity index (χ4n) is 2.83. The molecular formula is C12H24O2Si. The van der Waals surface area contributed by atoms with Gasteiger partial charge in [0.25, 0.3) is 0 Å². The maximum absolute atomic E-state index is 10.8. The lowest BCUT2D eigenvalue weighted by Crippen LogP contribution is -2.35. The van der Waals surface area contributed by atoms with Crippen molar-refractivity contribution in [3.63, 3.8) is 0 Å². The SMILES string of the molecule is CC(C)CC1(O[SiH](C)C)CC[C@H](C=O)C1. The van der Waals surface area contributed by atoms with Gasteiger partial charge in [0.05, 0.1) is 5.60 Å². The van der Waals surface area contributed by atoms with E-state index in [0.717, 1.165) is 32.0 Å². The third-order valence-corrected chi connectivity index (χ3v) is 4.03. The van der Waals surface area contributed by atoms with Crippen LogP contribution >= 0.6 is 0 Å². The van der Waals surface area contributed by atoms with Crippen LogP contribution in [0.15, 0.2) is 0 Å². The van der Waals surface area contributed by atoms with Crippen LogP contribution in [0.1, 0.15) is 39.5 Å². The maximum Gasteiger partial charge on any atom is 0.171 e. The number of aldehydes is 1. The second kappa shape index (κ2) is 5.26. The molecule has 0 bridgehead atoms. The summed E-state index contributed by atoms with van der Waals surface area (Å²) in [5.41, 5.74) is 0.0418. The highest BCUT2D eigenvalue weighted by Crippen LogP contribution is 2.41. The van der Waals surface area contributed by atoms with Crippen LogP contribution in [0.25, 0.3) is 0 Å². The number of carbonyl (C=O) groups excluding carboxylic acids is 1. The van der Waals surface area contributed by atoms with E-state index in [2.05, 4.69) is 26.9 Å². The van der Waals surface area contributed by atoms with Crippen LogP contribution < -0.4 is 0 Å². The molecule has 1 unspecified atom stereocenters. The van der Waals surface area contributed by atoms with E-state index in [4.69, 9.17) is 4.43 Å². The maximum atomic E-state index is 10.8. The molecule has 15 heavy (non-hydrogen) atoms. The van der Waals surface area contributed by atoms with Gasteiger partial charge in [-0.3, -0.25) is 0 Å². The molecule has 3 heteroatoms. The van der Waals surface area contributed by atoms with Crippen LogP contribution in [0.5, 0.6) is 0 Å². The molecule has 1 rings (SSSR count). The molecule has 2 nitrogen and oxygen atoms in total. The van der Waals surface area contributed by atoms with Gasteiger partial charge in [0, 0.05) is 5.92 Å². The molecule has 0 N–H and O–H groups in total. The van der Waals surface area contributed by atoms with Crippen molar-refractivity contribution in [1.82, 2.24) is 0 Å². The summed E-state index contributed by atoms with van der Waals surface area (Å²) in [6, 6.07) is 0. The first-order chi connectivity index (χ1) is 6.97. The van der Waals surface area contributed by atoms with Gasteiger partial charge in [0.1, 0.15) is 6.29 Å². The van der Waals surface area contributed by atoms with Crippen LogP contribution in [0.4, 0.5) is 0 Å². The molecule has 1 aliphatic carbocycles. The standard InChI is InChI=1S/C12H24O2Si/c1-10(2)7-12(14-15(3)4)6-5-11(8-12)9-13/h9-11,15H,5-8H2,1-4H3/t11-,12?/m0/s1. The topological polar surface area (TPSA) is 26.3 Å². The third kappa shape index (κ3) is 3.72. The van der Waals surface area contributed by atoms with Gasteiger partial charge < -0.3 is 9.22 Å². The highest BCUT2D eigenvalue weighted by molar-refractivity contribution is 6.48. The van der Waals surface area contributed by atoms with Crippen molar-refractivity contribution in [2.45, 2.75) is 58.2 Å². The van der Waals surface area contributed by atoms with Gasteiger partial charge in [-0.15, -0.1) is 0 Å². The summed E-state index contributed by atoms with van der Waals surface area (Å²) >= 11 is 0. The number of rotatable bonds is 5. The average molecular weight is 228 g/mol. The molecule has 1 fully saturated rings. The Labute approximate surface area is 95.1 Å². The zero-order valence-corrected chi connectivity index (χ0v) is 11.6. The van der Waals surface area contributed by atoms with Crippen molar-refractivity contribution in [3.05, 3.63) is 0 Å². The zero-order valence-electron chi connectivity index (χ0n) is 10.5. The lowest BCUT2D eigenvalue weighted by Gasteiger charge is -2.33. The summed E-state index contributed by atoms with van der Waals surface area (Å²) in [7, 11) is -1.00. The fraction of sp³-hybridized carbons (Fsp3) is 0.917. The lowest BCUT2D eigenvalue weighted by atomic mass is 9.90. The quantitative estimate of drug-likeness (QED) is 0.534. The summed E-state index contributed by atoms with van der Waals surface area (Å²) in [5, 5.41) is 0. The molecule has 0 saturated heterocycles. The van der Waals surface area contributed by atoms with Crippen molar-refractivity contribution in [1.29, 1.82) is 0 Å². The first-order valence-corrected chi connectivity index (χ1v) is 8.88. The Morgan fingerprint density at radius 1 is 1.53 bits per heavy atom. The predicted molar refractivity (Wildman–Crippen MR) is 65.6 cm³/mol. The fourth-order valence-corrected chi connectivity index (χ4v) is 4.14. The van der Waals surface area contributed by atoms with E-state index in [1.165, 1.54) is 0 Å². The summed E-state index contributed by atoms with van der Waals surface area (Å²) in [5.74, 6) is 0.902. The van der Waals surface area contributed by atoms with Gasteiger partial charge in [-0.25, -0.2) is 0 Å². The summed E-state index contributed by atoms with van der Waals surface area (Å²) in [4.78, 5) is 10.8. The van der Waals surface area contributed by atoms with Gasteiger partial charge in [0.15, 0.2) is 9.04 Å². The molecule has 0 radical (unpaired) electrons. The Morgan fingerprint density at radius 2 is 2.20 bits per heavy atom.